The first-order valence-electron chi connectivity index (χ1n) is 7.51. The molecule has 1 aromatic rings. The van der Waals surface area contributed by atoms with Crippen molar-refractivity contribution >= 4 is 23.4 Å². The SMILES string of the molecule is COc1ccc(N2C(=O)[C@@H]3[C@@H](C2=O)[C@@H]2C=C[C@@H]3C(=O)N2C)cc1. The highest BCUT2D eigenvalue weighted by Gasteiger charge is 2.61. The van der Waals surface area contributed by atoms with Gasteiger partial charge in [-0.2, -0.15) is 0 Å². The van der Waals surface area contributed by atoms with Crippen LogP contribution in [0.1, 0.15) is 0 Å². The number of ether oxygens (including phenoxy) is 1. The molecule has 3 aliphatic heterocycles. The number of imide groups is 1. The number of piperidine rings is 1. The summed E-state index contributed by atoms with van der Waals surface area (Å²) in [6.45, 7) is 0. The zero-order chi connectivity index (χ0) is 16.3. The maximum Gasteiger partial charge on any atom is 0.240 e. The molecule has 6 nitrogen and oxygen atoms in total. The third-order valence-electron chi connectivity index (χ3n) is 5.08. The number of carbonyl (C=O) groups is 3. The highest BCUT2D eigenvalue weighted by atomic mass is 16.5. The number of likely N-dealkylation sites (N-methyl/N-ethyl adjacent to an activating group) is 1. The van der Waals surface area contributed by atoms with Crippen LogP contribution in [0.15, 0.2) is 36.4 Å². The van der Waals surface area contributed by atoms with Crippen molar-refractivity contribution in [2.24, 2.45) is 17.8 Å². The van der Waals surface area contributed by atoms with Gasteiger partial charge in [-0.3, -0.25) is 14.4 Å². The highest BCUT2D eigenvalue weighted by molar-refractivity contribution is 6.24. The van der Waals surface area contributed by atoms with E-state index >= 15 is 0 Å². The maximum absolute atomic E-state index is 12.8. The van der Waals surface area contributed by atoms with Crippen molar-refractivity contribution in [3.05, 3.63) is 36.4 Å². The number of hydrogen-bond acceptors (Lipinski definition) is 4. The van der Waals surface area contributed by atoms with E-state index in [9.17, 15) is 14.4 Å². The van der Waals surface area contributed by atoms with Crippen molar-refractivity contribution in [3.63, 3.8) is 0 Å². The molecule has 23 heavy (non-hydrogen) atoms. The normalized spacial score (nSPS) is 31.8. The second kappa shape index (κ2) is 4.68. The molecule has 3 heterocycles. The molecule has 0 spiro atoms. The van der Waals surface area contributed by atoms with Gasteiger partial charge in [-0.05, 0) is 24.3 Å². The van der Waals surface area contributed by atoms with Crippen molar-refractivity contribution in [2.75, 3.05) is 19.1 Å². The second-order valence-corrected chi connectivity index (χ2v) is 6.11. The van der Waals surface area contributed by atoms with Crippen LogP contribution in [0.4, 0.5) is 5.69 Å². The molecule has 3 amide bonds. The van der Waals surface area contributed by atoms with Crippen LogP contribution in [-0.2, 0) is 14.4 Å². The molecule has 6 heteroatoms. The molecule has 0 saturated carbocycles. The summed E-state index contributed by atoms with van der Waals surface area (Å²) in [5.41, 5.74) is 0.518. The Morgan fingerprint density at radius 2 is 1.57 bits per heavy atom. The van der Waals surface area contributed by atoms with Gasteiger partial charge in [0.25, 0.3) is 0 Å². The van der Waals surface area contributed by atoms with E-state index in [0.717, 1.165) is 0 Å². The van der Waals surface area contributed by atoms with Crippen LogP contribution < -0.4 is 9.64 Å². The van der Waals surface area contributed by atoms with E-state index in [2.05, 4.69) is 0 Å². The molecule has 2 saturated heterocycles. The fraction of sp³-hybridized carbons (Fsp3) is 0.353. The van der Waals surface area contributed by atoms with Gasteiger partial charge in [0.1, 0.15) is 5.75 Å². The molecular formula is C17H16N2O4. The standard InChI is InChI=1S/C17H16N2O4/c1-18-12-8-7-11(15(18)20)13-14(12)17(22)19(16(13)21)9-3-5-10(23-2)6-4-9/h3-8,11-14H,1-2H3/t11-,12-,13-,14-/m0/s1. The number of methoxy groups -OCH3 is 1. The van der Waals surface area contributed by atoms with Gasteiger partial charge in [0.2, 0.25) is 17.7 Å². The average molecular weight is 312 g/mol. The first-order chi connectivity index (χ1) is 11.0. The molecule has 118 valence electrons. The predicted octanol–water partition coefficient (Wildman–Crippen LogP) is 0.827. The van der Waals surface area contributed by atoms with E-state index in [1.807, 2.05) is 6.08 Å². The lowest BCUT2D eigenvalue weighted by atomic mass is 9.70. The van der Waals surface area contributed by atoms with E-state index in [0.29, 0.717) is 11.4 Å². The third kappa shape index (κ3) is 1.72. The second-order valence-electron chi connectivity index (χ2n) is 6.11. The van der Waals surface area contributed by atoms with Crippen LogP contribution in [-0.4, -0.2) is 42.8 Å². The first-order valence-corrected chi connectivity index (χ1v) is 7.51. The summed E-state index contributed by atoms with van der Waals surface area (Å²) >= 11 is 0. The number of carbonyl (C=O) groups excluding carboxylic acids is 3. The van der Waals surface area contributed by atoms with Crippen LogP contribution in [0.25, 0.3) is 0 Å². The first kappa shape index (κ1) is 14.0. The molecule has 5 rings (SSSR count). The van der Waals surface area contributed by atoms with Gasteiger partial charge in [-0.15, -0.1) is 0 Å². The Morgan fingerprint density at radius 1 is 0.913 bits per heavy atom. The number of amides is 3. The topological polar surface area (TPSA) is 66.9 Å². The summed E-state index contributed by atoms with van der Waals surface area (Å²) in [4.78, 5) is 40.7. The van der Waals surface area contributed by atoms with E-state index in [-0.39, 0.29) is 23.8 Å². The minimum Gasteiger partial charge on any atom is -0.497 e. The number of benzene rings is 1. The van der Waals surface area contributed by atoms with Gasteiger partial charge in [0.05, 0.1) is 36.6 Å². The summed E-state index contributed by atoms with van der Waals surface area (Å²) in [6.07, 6.45) is 3.65. The molecular weight excluding hydrogens is 296 g/mol. The molecule has 0 N–H and O–H groups in total. The van der Waals surface area contributed by atoms with E-state index in [1.54, 1.807) is 49.4 Å². The van der Waals surface area contributed by atoms with Crippen molar-refractivity contribution in [1.82, 2.24) is 4.90 Å². The van der Waals surface area contributed by atoms with Crippen molar-refractivity contribution < 1.29 is 19.1 Å². The van der Waals surface area contributed by atoms with Gasteiger partial charge >= 0.3 is 0 Å². The number of hydrogen-bond donors (Lipinski definition) is 0. The highest BCUT2D eigenvalue weighted by Crippen LogP contribution is 2.46. The summed E-state index contributed by atoms with van der Waals surface area (Å²) in [7, 11) is 3.24. The summed E-state index contributed by atoms with van der Waals surface area (Å²) < 4.78 is 5.10. The van der Waals surface area contributed by atoms with Gasteiger partial charge in [0, 0.05) is 7.05 Å². The van der Waals surface area contributed by atoms with Crippen LogP contribution >= 0.6 is 0 Å². The summed E-state index contributed by atoms with van der Waals surface area (Å²) in [5.74, 6) is -1.55. The zero-order valence-electron chi connectivity index (χ0n) is 12.8. The molecule has 0 radical (unpaired) electrons. The number of rotatable bonds is 2. The van der Waals surface area contributed by atoms with Gasteiger partial charge in [-0.25, -0.2) is 4.90 Å². The quantitative estimate of drug-likeness (QED) is 0.599. The Hall–Kier alpha value is -2.63. The van der Waals surface area contributed by atoms with Crippen LogP contribution in [0.2, 0.25) is 0 Å². The van der Waals surface area contributed by atoms with E-state index < -0.39 is 17.8 Å². The van der Waals surface area contributed by atoms with Crippen LogP contribution in [0.3, 0.4) is 0 Å². The van der Waals surface area contributed by atoms with Gasteiger partial charge in [-0.1, -0.05) is 12.2 Å². The Kier molecular flexibility index (Phi) is 2.85. The van der Waals surface area contributed by atoms with Crippen LogP contribution in [0, 0.1) is 17.8 Å². The summed E-state index contributed by atoms with van der Waals surface area (Å²) in [5, 5.41) is 0. The number of nitrogens with zero attached hydrogens (tertiary/aromatic N) is 2. The molecule has 2 bridgehead atoms. The van der Waals surface area contributed by atoms with Gasteiger partial charge in [0.15, 0.2) is 0 Å². The van der Waals surface area contributed by atoms with Crippen molar-refractivity contribution in [1.29, 1.82) is 0 Å². The lowest BCUT2D eigenvalue weighted by Crippen LogP contribution is -2.57. The lowest BCUT2D eigenvalue weighted by molar-refractivity contribution is -0.148. The average Bonchev–Trinajstić information content (AvgIpc) is 2.84. The van der Waals surface area contributed by atoms with Gasteiger partial charge < -0.3 is 9.64 Å². The Bertz CT molecular complexity index is 739. The zero-order valence-corrected chi connectivity index (χ0v) is 12.8. The minimum absolute atomic E-state index is 0.0866. The van der Waals surface area contributed by atoms with E-state index in [4.69, 9.17) is 4.74 Å². The molecule has 1 aliphatic carbocycles. The smallest absolute Gasteiger partial charge is 0.240 e. The molecule has 4 aliphatic rings. The fourth-order valence-corrected chi connectivity index (χ4v) is 3.90. The predicted molar refractivity (Wildman–Crippen MR) is 81.7 cm³/mol. The largest absolute Gasteiger partial charge is 0.497 e. The maximum atomic E-state index is 12.8. The molecule has 0 unspecified atom stereocenters. The summed E-state index contributed by atoms with van der Waals surface area (Å²) in [6, 6.07) is 6.46. The Labute approximate surface area is 133 Å². The molecule has 0 aromatic heterocycles. The van der Waals surface area contributed by atoms with Crippen molar-refractivity contribution in [3.8, 4) is 5.75 Å². The lowest BCUT2D eigenvalue weighted by Gasteiger charge is -2.44. The molecule has 1 aromatic carbocycles. The fourth-order valence-electron chi connectivity index (χ4n) is 3.90. The Balaban J connectivity index is 1.74. The van der Waals surface area contributed by atoms with E-state index in [1.165, 1.54) is 4.90 Å². The molecule has 2 fully saturated rings. The minimum atomic E-state index is -0.580. The monoisotopic (exact) mass is 312 g/mol. The van der Waals surface area contributed by atoms with Crippen molar-refractivity contribution in [2.45, 2.75) is 6.04 Å². The number of fused-ring (bicyclic) bond motifs is 1. The third-order valence-corrected chi connectivity index (χ3v) is 5.08. The Morgan fingerprint density at radius 3 is 2.22 bits per heavy atom. The van der Waals surface area contributed by atoms with Crippen LogP contribution in [0.5, 0.6) is 5.75 Å². The molecule has 4 atom stereocenters. The number of anilines is 1.